The number of carbonyl (C=O) groups is 1. The normalized spacial score (nSPS) is 21.3. The van der Waals surface area contributed by atoms with Crippen LogP contribution in [0.3, 0.4) is 0 Å². The van der Waals surface area contributed by atoms with Crippen LogP contribution < -0.4 is 0 Å². The fourth-order valence-corrected chi connectivity index (χ4v) is 2.43. The SMILES string of the molecule is CC(c1ccccc1)N(C)C(=O)CN1CC[C@@H](O)C1. The number of rotatable bonds is 4. The van der Waals surface area contributed by atoms with Gasteiger partial charge >= 0.3 is 0 Å². The Balaban J connectivity index is 1.92. The second-order valence-corrected chi connectivity index (χ2v) is 5.27. The summed E-state index contributed by atoms with van der Waals surface area (Å²) >= 11 is 0. The maximum Gasteiger partial charge on any atom is 0.236 e. The number of likely N-dealkylation sites (tertiary alicyclic amines) is 1. The molecule has 4 nitrogen and oxygen atoms in total. The first kappa shape index (κ1) is 14.0. The summed E-state index contributed by atoms with van der Waals surface area (Å²) in [5, 5.41) is 9.47. The van der Waals surface area contributed by atoms with Crippen LogP contribution in [0.4, 0.5) is 0 Å². The molecule has 0 spiro atoms. The number of β-amino-alcohol motifs (C(OH)–C–C–N with tert-alkyl or cyclic N) is 1. The quantitative estimate of drug-likeness (QED) is 0.889. The van der Waals surface area contributed by atoms with Crippen molar-refractivity contribution in [2.75, 3.05) is 26.7 Å². The third kappa shape index (κ3) is 3.55. The molecule has 1 aliphatic heterocycles. The van der Waals surface area contributed by atoms with E-state index in [-0.39, 0.29) is 18.1 Å². The van der Waals surface area contributed by atoms with Crippen LogP contribution in [0, 0.1) is 0 Å². The summed E-state index contributed by atoms with van der Waals surface area (Å²) in [7, 11) is 1.84. The third-order valence-electron chi connectivity index (χ3n) is 3.86. The van der Waals surface area contributed by atoms with Crippen LogP contribution in [0.15, 0.2) is 30.3 Å². The number of likely N-dealkylation sites (N-methyl/N-ethyl adjacent to an activating group) is 1. The van der Waals surface area contributed by atoms with Crippen molar-refractivity contribution >= 4 is 5.91 Å². The van der Waals surface area contributed by atoms with Gasteiger partial charge in [0.05, 0.1) is 18.7 Å². The molecule has 0 radical (unpaired) electrons. The highest BCUT2D eigenvalue weighted by Gasteiger charge is 2.25. The van der Waals surface area contributed by atoms with E-state index in [1.165, 1.54) is 0 Å². The van der Waals surface area contributed by atoms with E-state index in [0.29, 0.717) is 13.1 Å². The lowest BCUT2D eigenvalue weighted by atomic mass is 10.1. The van der Waals surface area contributed by atoms with Gasteiger partial charge < -0.3 is 10.0 Å². The average molecular weight is 262 g/mol. The molecule has 1 aliphatic rings. The average Bonchev–Trinajstić information content (AvgIpc) is 2.83. The molecule has 0 bridgehead atoms. The van der Waals surface area contributed by atoms with Crippen molar-refractivity contribution in [2.24, 2.45) is 0 Å². The van der Waals surface area contributed by atoms with E-state index in [2.05, 4.69) is 0 Å². The van der Waals surface area contributed by atoms with E-state index >= 15 is 0 Å². The molecule has 19 heavy (non-hydrogen) atoms. The molecule has 4 heteroatoms. The topological polar surface area (TPSA) is 43.8 Å². The van der Waals surface area contributed by atoms with Crippen LogP contribution in [0.5, 0.6) is 0 Å². The van der Waals surface area contributed by atoms with Crippen LogP contribution in [0.2, 0.25) is 0 Å². The molecule has 1 fully saturated rings. The van der Waals surface area contributed by atoms with Crippen LogP contribution >= 0.6 is 0 Å². The van der Waals surface area contributed by atoms with Crippen molar-refractivity contribution in [2.45, 2.75) is 25.5 Å². The van der Waals surface area contributed by atoms with Gasteiger partial charge in [-0.15, -0.1) is 0 Å². The first-order chi connectivity index (χ1) is 9.08. The zero-order valence-corrected chi connectivity index (χ0v) is 11.6. The molecule has 2 rings (SSSR count). The standard InChI is InChI=1S/C15H22N2O2/c1-12(13-6-4-3-5-7-13)16(2)15(19)11-17-9-8-14(18)10-17/h3-7,12,14,18H,8-11H2,1-2H3/t12?,14-/m1/s1. The summed E-state index contributed by atoms with van der Waals surface area (Å²) in [6.07, 6.45) is 0.496. The highest BCUT2D eigenvalue weighted by molar-refractivity contribution is 5.78. The molecule has 1 amide bonds. The second kappa shape index (κ2) is 6.17. The summed E-state index contributed by atoms with van der Waals surface area (Å²) in [6.45, 7) is 3.84. The van der Waals surface area contributed by atoms with Crippen molar-refractivity contribution in [1.82, 2.24) is 9.80 Å². The molecule has 1 N–H and O–H groups in total. The minimum atomic E-state index is -0.273. The second-order valence-electron chi connectivity index (χ2n) is 5.27. The van der Waals surface area contributed by atoms with Crippen molar-refractivity contribution in [3.8, 4) is 0 Å². The van der Waals surface area contributed by atoms with E-state index in [1.54, 1.807) is 4.90 Å². The highest BCUT2D eigenvalue weighted by atomic mass is 16.3. The monoisotopic (exact) mass is 262 g/mol. The lowest BCUT2D eigenvalue weighted by Gasteiger charge is -2.27. The number of benzene rings is 1. The summed E-state index contributed by atoms with van der Waals surface area (Å²) in [5.74, 6) is 0.102. The number of amides is 1. The number of hydrogen-bond acceptors (Lipinski definition) is 3. The van der Waals surface area contributed by atoms with Gasteiger partial charge in [-0.3, -0.25) is 9.69 Å². The molecule has 0 aliphatic carbocycles. The van der Waals surface area contributed by atoms with Gasteiger partial charge in [0.25, 0.3) is 0 Å². The highest BCUT2D eigenvalue weighted by Crippen LogP contribution is 2.19. The number of carbonyl (C=O) groups excluding carboxylic acids is 1. The molecule has 104 valence electrons. The predicted molar refractivity (Wildman–Crippen MR) is 74.7 cm³/mol. The number of hydrogen-bond donors (Lipinski definition) is 1. The molecular formula is C15H22N2O2. The largest absolute Gasteiger partial charge is 0.392 e. The smallest absolute Gasteiger partial charge is 0.236 e. The molecule has 1 heterocycles. The minimum Gasteiger partial charge on any atom is -0.392 e. The Hall–Kier alpha value is -1.39. The van der Waals surface area contributed by atoms with Gasteiger partial charge in [0.15, 0.2) is 0 Å². The lowest BCUT2D eigenvalue weighted by molar-refractivity contribution is -0.132. The molecule has 0 aromatic heterocycles. The lowest BCUT2D eigenvalue weighted by Crippen LogP contribution is -2.38. The van der Waals surface area contributed by atoms with Crippen LogP contribution in [0.1, 0.15) is 24.9 Å². The van der Waals surface area contributed by atoms with Gasteiger partial charge in [-0.25, -0.2) is 0 Å². The Labute approximate surface area is 114 Å². The van der Waals surface area contributed by atoms with Crippen LogP contribution in [-0.4, -0.2) is 53.6 Å². The van der Waals surface area contributed by atoms with E-state index in [4.69, 9.17) is 0 Å². The maximum absolute atomic E-state index is 12.2. The van der Waals surface area contributed by atoms with Crippen molar-refractivity contribution in [1.29, 1.82) is 0 Å². The minimum absolute atomic E-state index is 0.0706. The van der Waals surface area contributed by atoms with E-state index in [1.807, 2.05) is 49.2 Å². The molecule has 0 saturated carbocycles. The van der Waals surface area contributed by atoms with Crippen LogP contribution in [-0.2, 0) is 4.79 Å². The van der Waals surface area contributed by atoms with Gasteiger partial charge in [0.2, 0.25) is 5.91 Å². The molecule has 1 saturated heterocycles. The zero-order chi connectivity index (χ0) is 13.8. The van der Waals surface area contributed by atoms with Gasteiger partial charge in [-0.2, -0.15) is 0 Å². The maximum atomic E-state index is 12.2. The Morgan fingerprint density at radius 3 is 2.74 bits per heavy atom. The summed E-state index contributed by atoms with van der Waals surface area (Å²) < 4.78 is 0. The first-order valence-electron chi connectivity index (χ1n) is 6.79. The first-order valence-corrected chi connectivity index (χ1v) is 6.79. The zero-order valence-electron chi connectivity index (χ0n) is 11.6. The third-order valence-corrected chi connectivity index (χ3v) is 3.86. The van der Waals surface area contributed by atoms with Gasteiger partial charge in [-0.1, -0.05) is 30.3 Å². The van der Waals surface area contributed by atoms with Gasteiger partial charge in [0, 0.05) is 20.1 Å². The fourth-order valence-electron chi connectivity index (χ4n) is 2.43. The summed E-state index contributed by atoms with van der Waals surface area (Å²) in [5.41, 5.74) is 1.14. The molecule has 1 unspecified atom stereocenters. The number of aliphatic hydroxyl groups is 1. The molecule has 1 aromatic rings. The Morgan fingerprint density at radius 1 is 1.47 bits per heavy atom. The van der Waals surface area contributed by atoms with Crippen molar-refractivity contribution in [3.05, 3.63) is 35.9 Å². The Bertz CT molecular complexity index is 421. The van der Waals surface area contributed by atoms with E-state index < -0.39 is 0 Å². The number of aliphatic hydroxyl groups excluding tert-OH is 1. The summed E-state index contributed by atoms with van der Waals surface area (Å²) in [4.78, 5) is 16.0. The molecule has 1 aromatic carbocycles. The van der Waals surface area contributed by atoms with E-state index in [9.17, 15) is 9.90 Å². The van der Waals surface area contributed by atoms with Gasteiger partial charge in [-0.05, 0) is 18.9 Å². The molecular weight excluding hydrogens is 240 g/mol. The summed E-state index contributed by atoms with van der Waals surface area (Å²) in [6, 6.07) is 10.1. The number of nitrogens with zero attached hydrogens (tertiary/aromatic N) is 2. The molecule has 2 atom stereocenters. The van der Waals surface area contributed by atoms with Crippen molar-refractivity contribution in [3.63, 3.8) is 0 Å². The van der Waals surface area contributed by atoms with Crippen molar-refractivity contribution < 1.29 is 9.90 Å². The van der Waals surface area contributed by atoms with Gasteiger partial charge in [0.1, 0.15) is 0 Å². The van der Waals surface area contributed by atoms with E-state index in [0.717, 1.165) is 18.5 Å². The fraction of sp³-hybridized carbons (Fsp3) is 0.533. The van der Waals surface area contributed by atoms with Crippen LogP contribution in [0.25, 0.3) is 0 Å². The Morgan fingerprint density at radius 2 is 2.16 bits per heavy atom. The predicted octanol–water partition coefficient (Wildman–Crippen LogP) is 1.27. The Kier molecular flexibility index (Phi) is 4.56.